The van der Waals surface area contributed by atoms with Gasteiger partial charge in [-0.3, -0.25) is 0 Å². The van der Waals surface area contributed by atoms with E-state index < -0.39 is 0 Å². The maximum absolute atomic E-state index is 5.01. The lowest BCUT2D eigenvalue weighted by molar-refractivity contribution is 0.109. The lowest BCUT2D eigenvalue weighted by atomic mass is 10.5. The van der Waals surface area contributed by atoms with Gasteiger partial charge in [-0.05, 0) is 12.2 Å². The molecule has 0 radical (unpaired) electrons. The lowest BCUT2D eigenvalue weighted by Crippen LogP contribution is -2.30. The maximum Gasteiger partial charge on any atom is 0.163 e. The van der Waals surface area contributed by atoms with Crippen LogP contribution in [0.3, 0.4) is 0 Å². The number of thiocarbonyl (C=S) groups is 1. The Morgan fingerprint density at radius 1 is 1.55 bits per heavy atom. The monoisotopic (exact) mass is 177 g/mol. The molecule has 0 aliphatic carbocycles. The predicted molar refractivity (Wildman–Crippen MR) is 49.5 cm³/mol. The van der Waals surface area contributed by atoms with Crippen molar-refractivity contribution in [3.8, 4) is 0 Å². The van der Waals surface area contributed by atoms with Crippen molar-refractivity contribution < 1.29 is 4.74 Å². The molecule has 1 saturated heterocycles. The quantitative estimate of drug-likeness (QED) is 0.417. The molecule has 0 aromatic carbocycles. The zero-order chi connectivity index (χ0) is 8.53. The van der Waals surface area contributed by atoms with E-state index in [4.69, 9.17) is 10.5 Å². The van der Waals surface area contributed by atoms with Crippen molar-refractivity contribution in [1.82, 2.24) is 10.6 Å². The minimum absolute atomic E-state index is 0.338. The summed E-state index contributed by atoms with van der Waals surface area (Å²) in [5.41, 5.74) is 4.91. The van der Waals surface area contributed by atoms with E-state index >= 15 is 0 Å². The highest BCUT2D eigenvalue weighted by atomic mass is 32.1. The summed E-state index contributed by atoms with van der Waals surface area (Å²) in [6, 6.07) is 0. The zero-order valence-electron chi connectivity index (χ0n) is 6.72. The largest absolute Gasteiger partial charge is 0.379 e. The van der Waals surface area contributed by atoms with Crippen LogP contribution < -0.4 is 16.4 Å². The molecule has 0 atom stereocenters. The van der Waals surface area contributed by atoms with Gasteiger partial charge in [0.1, 0.15) is 0 Å². The van der Waals surface area contributed by atoms with Crippen molar-refractivity contribution in [2.24, 2.45) is 5.73 Å². The Labute approximate surface area is 72.5 Å². The van der Waals surface area contributed by atoms with Crippen molar-refractivity contribution >= 4 is 17.3 Å². The average molecular weight is 177 g/mol. The smallest absolute Gasteiger partial charge is 0.163 e. The summed E-state index contributed by atoms with van der Waals surface area (Å²) < 4.78 is 5.01. The van der Waals surface area contributed by atoms with Crippen LogP contribution >= 0.6 is 12.2 Å². The van der Waals surface area contributed by atoms with E-state index in [-0.39, 0.29) is 0 Å². The van der Waals surface area contributed by atoms with Crippen molar-refractivity contribution in [3.05, 3.63) is 0 Å². The third-order valence-electron chi connectivity index (χ3n) is 1.09. The first kappa shape index (κ1) is 10.6. The molecule has 0 saturated carbocycles. The van der Waals surface area contributed by atoms with E-state index in [0.29, 0.717) is 5.11 Å². The molecular weight excluding hydrogens is 162 g/mol. The minimum Gasteiger partial charge on any atom is -0.379 e. The molecule has 0 bridgehead atoms. The van der Waals surface area contributed by atoms with Crippen LogP contribution in [0, 0.1) is 0 Å². The molecular formula is C6H15N3OS. The molecule has 1 aliphatic heterocycles. The van der Waals surface area contributed by atoms with Gasteiger partial charge in [0.25, 0.3) is 0 Å². The Bertz CT molecular complexity index is 94.5. The second-order valence-corrected chi connectivity index (χ2v) is 2.42. The fourth-order valence-corrected chi connectivity index (χ4v) is 0.516. The van der Waals surface area contributed by atoms with Crippen LogP contribution in [0.1, 0.15) is 0 Å². The highest BCUT2D eigenvalue weighted by Crippen LogP contribution is 1.76. The summed E-state index contributed by atoms with van der Waals surface area (Å²) in [6.45, 7) is 3.83. The number of hydrogen-bond donors (Lipinski definition) is 3. The molecule has 0 unspecified atom stereocenters. The van der Waals surface area contributed by atoms with Gasteiger partial charge in [-0.25, -0.2) is 0 Å². The molecule has 1 fully saturated rings. The van der Waals surface area contributed by atoms with Crippen LogP contribution in [0.5, 0.6) is 0 Å². The van der Waals surface area contributed by atoms with Crippen molar-refractivity contribution in [3.63, 3.8) is 0 Å². The van der Waals surface area contributed by atoms with E-state index in [0.717, 1.165) is 26.3 Å². The Morgan fingerprint density at radius 3 is 2.09 bits per heavy atom. The van der Waals surface area contributed by atoms with Crippen molar-refractivity contribution in [2.75, 3.05) is 33.4 Å². The second kappa shape index (κ2) is 7.71. The summed E-state index contributed by atoms with van der Waals surface area (Å²) >= 11 is 4.36. The number of rotatable bonds is 0. The molecule has 4 nitrogen and oxygen atoms in total. The standard InChI is InChI=1S/C4H9NO.C2H6N2S/c1-3-6-4-2-5-1;1-4-2(3)5/h5H,1-4H2;1H3,(H3,3,4,5). The Balaban J connectivity index is 0.000000187. The SMILES string of the molecule is C1COCCN1.CNC(N)=S. The Morgan fingerprint density at radius 2 is 2.00 bits per heavy atom. The van der Waals surface area contributed by atoms with Crippen LogP contribution in [0.15, 0.2) is 0 Å². The summed E-state index contributed by atoms with van der Waals surface area (Å²) in [4.78, 5) is 0. The number of hydrogen-bond acceptors (Lipinski definition) is 3. The summed E-state index contributed by atoms with van der Waals surface area (Å²) in [5, 5.41) is 6.03. The normalized spacial score (nSPS) is 16.1. The second-order valence-electron chi connectivity index (χ2n) is 1.98. The first-order valence-corrected chi connectivity index (χ1v) is 3.94. The Kier molecular flexibility index (Phi) is 7.44. The highest BCUT2D eigenvalue weighted by Gasteiger charge is 1.92. The number of nitrogens with one attached hydrogen (secondary N) is 2. The first-order valence-electron chi connectivity index (χ1n) is 3.53. The summed E-state index contributed by atoms with van der Waals surface area (Å²) in [6.07, 6.45) is 0. The highest BCUT2D eigenvalue weighted by molar-refractivity contribution is 7.80. The fraction of sp³-hybridized carbons (Fsp3) is 0.833. The van der Waals surface area contributed by atoms with Crippen LogP contribution in [-0.4, -0.2) is 38.5 Å². The van der Waals surface area contributed by atoms with Gasteiger partial charge in [0.05, 0.1) is 13.2 Å². The van der Waals surface area contributed by atoms with E-state index in [9.17, 15) is 0 Å². The fourth-order valence-electron chi connectivity index (χ4n) is 0.516. The van der Waals surface area contributed by atoms with Gasteiger partial charge in [-0.2, -0.15) is 0 Å². The third-order valence-corrected chi connectivity index (χ3v) is 1.30. The molecule has 0 aromatic heterocycles. The van der Waals surface area contributed by atoms with Gasteiger partial charge < -0.3 is 21.1 Å². The molecule has 0 spiro atoms. The molecule has 0 aromatic rings. The van der Waals surface area contributed by atoms with Crippen LogP contribution in [0.25, 0.3) is 0 Å². The number of nitrogens with two attached hydrogens (primary N) is 1. The molecule has 66 valence electrons. The minimum atomic E-state index is 0.338. The lowest BCUT2D eigenvalue weighted by Gasteiger charge is -2.10. The summed E-state index contributed by atoms with van der Waals surface area (Å²) in [5.74, 6) is 0. The third kappa shape index (κ3) is 9.61. The van der Waals surface area contributed by atoms with Gasteiger partial charge in [0, 0.05) is 20.1 Å². The molecule has 4 N–H and O–H groups in total. The molecule has 11 heavy (non-hydrogen) atoms. The molecule has 1 aliphatic rings. The Hall–Kier alpha value is -0.390. The van der Waals surface area contributed by atoms with Crippen LogP contribution in [0.4, 0.5) is 0 Å². The van der Waals surface area contributed by atoms with Gasteiger partial charge in [-0.1, -0.05) is 0 Å². The average Bonchev–Trinajstić information content (AvgIpc) is 2.09. The van der Waals surface area contributed by atoms with Crippen LogP contribution in [0.2, 0.25) is 0 Å². The predicted octanol–water partition coefficient (Wildman–Crippen LogP) is -0.944. The van der Waals surface area contributed by atoms with Gasteiger partial charge >= 0.3 is 0 Å². The van der Waals surface area contributed by atoms with E-state index in [1.807, 2.05) is 0 Å². The van der Waals surface area contributed by atoms with E-state index in [1.165, 1.54) is 0 Å². The molecule has 1 rings (SSSR count). The van der Waals surface area contributed by atoms with Crippen LogP contribution in [-0.2, 0) is 4.74 Å². The van der Waals surface area contributed by atoms with Crippen molar-refractivity contribution in [1.29, 1.82) is 0 Å². The number of ether oxygens (including phenoxy) is 1. The van der Waals surface area contributed by atoms with E-state index in [2.05, 4.69) is 22.9 Å². The van der Waals surface area contributed by atoms with Crippen molar-refractivity contribution in [2.45, 2.75) is 0 Å². The first-order chi connectivity index (χ1) is 5.27. The molecule has 1 heterocycles. The van der Waals surface area contributed by atoms with Gasteiger partial charge in [0.2, 0.25) is 0 Å². The van der Waals surface area contributed by atoms with E-state index in [1.54, 1.807) is 7.05 Å². The molecule has 5 heteroatoms. The topological polar surface area (TPSA) is 59.3 Å². The number of morpholine rings is 1. The maximum atomic E-state index is 5.01. The zero-order valence-corrected chi connectivity index (χ0v) is 7.54. The van der Waals surface area contributed by atoms with Gasteiger partial charge in [-0.15, -0.1) is 0 Å². The van der Waals surface area contributed by atoms with Gasteiger partial charge in [0.15, 0.2) is 5.11 Å². The summed E-state index contributed by atoms with van der Waals surface area (Å²) in [7, 11) is 1.68. The molecule has 0 amide bonds.